The van der Waals surface area contributed by atoms with Gasteiger partial charge in [0.25, 0.3) is 0 Å². The van der Waals surface area contributed by atoms with Crippen molar-refractivity contribution in [3.63, 3.8) is 0 Å². The minimum Gasteiger partial charge on any atom is -0.382 e. The molecule has 1 heterocycles. The molecule has 0 unspecified atom stereocenters. The number of halogens is 1. The maximum absolute atomic E-state index is 5.33. The van der Waals surface area contributed by atoms with Crippen molar-refractivity contribution in [1.29, 1.82) is 0 Å². The molecule has 0 bridgehead atoms. The summed E-state index contributed by atoms with van der Waals surface area (Å²) in [7, 11) is 0. The molecule has 5 heteroatoms. The van der Waals surface area contributed by atoms with Gasteiger partial charge in [-0.2, -0.15) is 0 Å². The number of aryl methyl sites for hydroxylation is 1. The van der Waals surface area contributed by atoms with E-state index in [9.17, 15) is 0 Å². The van der Waals surface area contributed by atoms with Gasteiger partial charge in [-0.1, -0.05) is 6.07 Å². The molecule has 0 radical (unpaired) electrons. The lowest BCUT2D eigenvalue weighted by atomic mass is 10.2. The molecule has 2 aromatic rings. The van der Waals surface area contributed by atoms with Gasteiger partial charge in [0.2, 0.25) is 5.95 Å². The van der Waals surface area contributed by atoms with Crippen LogP contribution >= 0.6 is 15.9 Å². The number of nitrogens with zero attached hydrogens (tertiary/aromatic N) is 2. The molecule has 0 amide bonds. The van der Waals surface area contributed by atoms with Crippen LogP contribution in [0.1, 0.15) is 18.9 Å². The van der Waals surface area contributed by atoms with Crippen LogP contribution in [0.25, 0.3) is 5.69 Å². The van der Waals surface area contributed by atoms with Crippen LogP contribution < -0.4 is 5.32 Å². The minimum absolute atomic E-state index is 0.769. The largest absolute Gasteiger partial charge is 0.382 e. The predicted octanol–water partition coefficient (Wildman–Crippen LogP) is 3.78. The Hall–Kier alpha value is -1.33. The second-order valence-electron chi connectivity index (χ2n) is 4.55. The Morgan fingerprint density at radius 1 is 1.40 bits per heavy atom. The van der Waals surface area contributed by atoms with Crippen molar-refractivity contribution in [1.82, 2.24) is 9.55 Å². The summed E-state index contributed by atoms with van der Waals surface area (Å²) in [6.45, 7) is 6.48. The van der Waals surface area contributed by atoms with Gasteiger partial charge in [0, 0.05) is 36.6 Å². The van der Waals surface area contributed by atoms with Gasteiger partial charge in [-0.05, 0) is 53.9 Å². The number of nitrogens with one attached hydrogen (secondary N) is 1. The van der Waals surface area contributed by atoms with Crippen molar-refractivity contribution in [2.24, 2.45) is 0 Å². The van der Waals surface area contributed by atoms with Crippen LogP contribution in [-0.4, -0.2) is 29.3 Å². The van der Waals surface area contributed by atoms with Crippen molar-refractivity contribution in [2.75, 3.05) is 25.1 Å². The van der Waals surface area contributed by atoms with E-state index in [1.54, 1.807) is 6.20 Å². The summed E-state index contributed by atoms with van der Waals surface area (Å²) in [6, 6.07) is 6.29. The lowest BCUT2D eigenvalue weighted by molar-refractivity contribution is 0.147. The first-order valence-corrected chi connectivity index (χ1v) is 7.63. The molecule has 2 rings (SSSR count). The first-order valence-electron chi connectivity index (χ1n) is 6.84. The van der Waals surface area contributed by atoms with E-state index >= 15 is 0 Å². The molecule has 0 aliphatic carbocycles. The number of benzene rings is 1. The second kappa shape index (κ2) is 7.45. The van der Waals surface area contributed by atoms with E-state index < -0.39 is 0 Å². The quantitative estimate of drug-likeness (QED) is 0.781. The lowest BCUT2D eigenvalue weighted by Crippen LogP contribution is -2.10. The van der Waals surface area contributed by atoms with Crippen LogP contribution in [-0.2, 0) is 4.74 Å². The Morgan fingerprint density at radius 2 is 2.25 bits per heavy atom. The zero-order valence-corrected chi connectivity index (χ0v) is 13.5. The molecule has 0 atom stereocenters. The third-order valence-corrected chi connectivity index (χ3v) is 3.59. The normalized spacial score (nSPS) is 10.8. The van der Waals surface area contributed by atoms with E-state index in [1.165, 1.54) is 5.56 Å². The standard InChI is InChI=1S/C15H20BrN3O/c1-3-20-10-4-7-17-15-18-8-9-19(15)14-6-5-12(2)11-13(14)16/h5-6,8-9,11H,3-4,7,10H2,1-2H3,(H,17,18). The molecule has 4 nitrogen and oxygen atoms in total. The predicted molar refractivity (Wildman–Crippen MR) is 85.6 cm³/mol. The SMILES string of the molecule is CCOCCCNc1nccn1-c1ccc(C)cc1Br. The molecule has 108 valence electrons. The van der Waals surface area contributed by atoms with Crippen LogP contribution in [0, 0.1) is 6.92 Å². The summed E-state index contributed by atoms with van der Waals surface area (Å²) in [5, 5.41) is 3.34. The van der Waals surface area contributed by atoms with Crippen LogP contribution in [0.2, 0.25) is 0 Å². The van der Waals surface area contributed by atoms with E-state index in [-0.39, 0.29) is 0 Å². The van der Waals surface area contributed by atoms with Crippen molar-refractivity contribution < 1.29 is 4.74 Å². The molecule has 0 spiro atoms. The van der Waals surface area contributed by atoms with Gasteiger partial charge >= 0.3 is 0 Å². The van der Waals surface area contributed by atoms with Crippen LogP contribution in [0.15, 0.2) is 35.1 Å². The fraction of sp³-hybridized carbons (Fsp3) is 0.400. The summed E-state index contributed by atoms with van der Waals surface area (Å²) in [5.74, 6) is 0.853. The Bertz CT molecular complexity index is 554. The Balaban J connectivity index is 2.04. The molecule has 0 aliphatic rings. The molecule has 0 saturated heterocycles. The van der Waals surface area contributed by atoms with Crippen molar-refractivity contribution >= 4 is 21.9 Å². The molecule has 1 aromatic heterocycles. The van der Waals surface area contributed by atoms with Gasteiger partial charge in [0.1, 0.15) is 0 Å². The molecule has 0 aliphatic heterocycles. The molecule has 0 saturated carbocycles. The van der Waals surface area contributed by atoms with Crippen LogP contribution in [0.3, 0.4) is 0 Å². The zero-order valence-electron chi connectivity index (χ0n) is 11.9. The van der Waals surface area contributed by atoms with Gasteiger partial charge in [-0.15, -0.1) is 0 Å². The average Bonchev–Trinajstić information content (AvgIpc) is 2.87. The summed E-state index contributed by atoms with van der Waals surface area (Å²) < 4.78 is 8.43. The number of rotatable bonds is 7. The molecule has 1 aromatic carbocycles. The first kappa shape index (κ1) is 15.1. The Kier molecular flexibility index (Phi) is 5.61. The summed E-state index contributed by atoms with van der Waals surface area (Å²) in [6.07, 6.45) is 4.73. The summed E-state index contributed by atoms with van der Waals surface area (Å²) in [4.78, 5) is 4.36. The fourth-order valence-corrected chi connectivity index (χ4v) is 2.64. The van der Waals surface area contributed by atoms with Crippen molar-refractivity contribution in [2.45, 2.75) is 20.3 Å². The van der Waals surface area contributed by atoms with E-state index in [1.807, 2.05) is 17.7 Å². The number of ether oxygens (including phenoxy) is 1. The minimum atomic E-state index is 0.769. The Labute approximate surface area is 128 Å². The highest BCUT2D eigenvalue weighted by Crippen LogP contribution is 2.24. The molecule has 1 N–H and O–H groups in total. The number of hydrogen-bond donors (Lipinski definition) is 1. The maximum Gasteiger partial charge on any atom is 0.207 e. The number of anilines is 1. The third kappa shape index (κ3) is 3.84. The smallest absolute Gasteiger partial charge is 0.207 e. The number of imidazole rings is 1. The highest BCUT2D eigenvalue weighted by molar-refractivity contribution is 9.10. The van der Waals surface area contributed by atoms with E-state index in [0.29, 0.717) is 0 Å². The Morgan fingerprint density at radius 3 is 3.00 bits per heavy atom. The number of hydrogen-bond acceptors (Lipinski definition) is 3. The van der Waals surface area contributed by atoms with Gasteiger partial charge in [-0.25, -0.2) is 4.98 Å². The van der Waals surface area contributed by atoms with Gasteiger partial charge in [-0.3, -0.25) is 4.57 Å². The zero-order chi connectivity index (χ0) is 14.4. The summed E-state index contributed by atoms with van der Waals surface area (Å²) >= 11 is 3.61. The van der Waals surface area contributed by atoms with E-state index in [2.05, 4.69) is 51.4 Å². The maximum atomic E-state index is 5.33. The third-order valence-electron chi connectivity index (χ3n) is 2.96. The second-order valence-corrected chi connectivity index (χ2v) is 5.41. The van der Waals surface area contributed by atoms with Crippen molar-refractivity contribution in [3.05, 3.63) is 40.6 Å². The first-order chi connectivity index (χ1) is 9.72. The van der Waals surface area contributed by atoms with Crippen molar-refractivity contribution in [3.8, 4) is 5.69 Å². The average molecular weight is 338 g/mol. The molecular formula is C15H20BrN3O. The van der Waals surface area contributed by atoms with Gasteiger partial charge in [0.05, 0.1) is 5.69 Å². The van der Waals surface area contributed by atoms with Crippen LogP contribution in [0.5, 0.6) is 0 Å². The molecule has 0 fully saturated rings. The van der Waals surface area contributed by atoms with E-state index in [4.69, 9.17) is 4.74 Å². The fourth-order valence-electron chi connectivity index (χ4n) is 1.95. The highest BCUT2D eigenvalue weighted by atomic mass is 79.9. The van der Waals surface area contributed by atoms with E-state index in [0.717, 1.165) is 42.3 Å². The number of aromatic nitrogens is 2. The molecule has 20 heavy (non-hydrogen) atoms. The van der Waals surface area contributed by atoms with Crippen LogP contribution in [0.4, 0.5) is 5.95 Å². The lowest BCUT2D eigenvalue weighted by Gasteiger charge is -2.12. The van der Waals surface area contributed by atoms with Gasteiger partial charge in [0.15, 0.2) is 0 Å². The highest BCUT2D eigenvalue weighted by Gasteiger charge is 2.07. The summed E-state index contributed by atoms with van der Waals surface area (Å²) in [5.41, 5.74) is 2.31. The molecular weight excluding hydrogens is 318 g/mol. The van der Waals surface area contributed by atoms with Gasteiger partial charge < -0.3 is 10.1 Å². The monoisotopic (exact) mass is 337 g/mol. The topological polar surface area (TPSA) is 39.1 Å².